The highest BCUT2D eigenvalue weighted by Crippen LogP contribution is 2.41. The van der Waals surface area contributed by atoms with Crippen LogP contribution in [0.1, 0.15) is 37.8 Å². The van der Waals surface area contributed by atoms with Gasteiger partial charge in [0.1, 0.15) is 0 Å². The predicted molar refractivity (Wildman–Crippen MR) is 89.8 cm³/mol. The first-order valence-electron chi connectivity index (χ1n) is 8.20. The fourth-order valence-electron chi connectivity index (χ4n) is 3.91. The summed E-state index contributed by atoms with van der Waals surface area (Å²) >= 11 is 1.70. The molecule has 4 rings (SSSR count). The molecule has 1 saturated heterocycles. The van der Waals surface area contributed by atoms with E-state index in [-0.39, 0.29) is 0 Å². The summed E-state index contributed by atoms with van der Waals surface area (Å²) in [5.41, 5.74) is 1.58. The average Bonchev–Trinajstić information content (AvgIpc) is 3.19. The quantitative estimate of drug-likeness (QED) is 0.767. The third kappa shape index (κ3) is 2.90. The van der Waals surface area contributed by atoms with Crippen LogP contribution < -0.4 is 0 Å². The summed E-state index contributed by atoms with van der Waals surface area (Å²) in [5.74, 6) is 0.900. The van der Waals surface area contributed by atoms with Crippen molar-refractivity contribution in [3.63, 3.8) is 0 Å². The van der Waals surface area contributed by atoms with Crippen molar-refractivity contribution >= 4 is 11.3 Å². The van der Waals surface area contributed by atoms with Crippen molar-refractivity contribution in [1.82, 2.24) is 10.1 Å². The topological polar surface area (TPSA) is 29.3 Å². The van der Waals surface area contributed by atoms with Crippen LogP contribution in [-0.2, 0) is 6.54 Å². The van der Waals surface area contributed by atoms with Gasteiger partial charge in [0.15, 0.2) is 5.76 Å². The Kier molecular flexibility index (Phi) is 3.89. The number of hydrogen-bond donors (Lipinski definition) is 0. The molecule has 1 aliphatic carbocycles. The molecule has 4 heteroatoms. The van der Waals surface area contributed by atoms with E-state index in [9.17, 15) is 0 Å². The van der Waals surface area contributed by atoms with E-state index in [4.69, 9.17) is 4.52 Å². The second kappa shape index (κ2) is 6.01. The standard InChI is InChI=1S/C18H22N2OS/c1-2-7-18(8-3-1)9-5-10-20(14-18)13-15-12-16(21-19-15)17-6-4-11-22-17/h1-2,4,6,11-12H,3,5,7-10,13-14H2/t18-/m1/s1. The van der Waals surface area contributed by atoms with Crippen LogP contribution in [-0.4, -0.2) is 23.1 Å². The molecule has 0 unspecified atom stereocenters. The molecule has 1 spiro atoms. The average molecular weight is 314 g/mol. The fourth-order valence-corrected chi connectivity index (χ4v) is 4.58. The van der Waals surface area contributed by atoms with E-state index in [1.54, 1.807) is 11.3 Å². The van der Waals surface area contributed by atoms with E-state index in [1.165, 1.54) is 45.2 Å². The first-order chi connectivity index (χ1) is 10.8. The monoisotopic (exact) mass is 314 g/mol. The Balaban J connectivity index is 1.44. The lowest BCUT2D eigenvalue weighted by atomic mass is 9.71. The molecule has 2 aliphatic rings. The summed E-state index contributed by atoms with van der Waals surface area (Å²) in [7, 11) is 0. The van der Waals surface area contributed by atoms with Crippen LogP contribution in [0.4, 0.5) is 0 Å². The van der Waals surface area contributed by atoms with Crippen LogP contribution in [0, 0.1) is 5.41 Å². The van der Waals surface area contributed by atoms with Gasteiger partial charge in [0.05, 0.1) is 10.6 Å². The van der Waals surface area contributed by atoms with Gasteiger partial charge in [-0.2, -0.15) is 0 Å². The van der Waals surface area contributed by atoms with Gasteiger partial charge in [0, 0.05) is 19.2 Å². The molecule has 0 radical (unpaired) electrons. The molecule has 1 fully saturated rings. The zero-order valence-corrected chi connectivity index (χ0v) is 13.6. The van der Waals surface area contributed by atoms with E-state index < -0.39 is 0 Å². The highest BCUT2D eigenvalue weighted by Gasteiger charge is 2.35. The van der Waals surface area contributed by atoms with Crippen molar-refractivity contribution in [3.05, 3.63) is 41.4 Å². The number of piperidine rings is 1. The van der Waals surface area contributed by atoms with Crippen molar-refractivity contribution < 1.29 is 4.52 Å². The first-order valence-corrected chi connectivity index (χ1v) is 9.08. The van der Waals surface area contributed by atoms with Crippen LogP contribution in [0.2, 0.25) is 0 Å². The first kappa shape index (κ1) is 14.2. The van der Waals surface area contributed by atoms with Gasteiger partial charge in [0.25, 0.3) is 0 Å². The molecule has 22 heavy (non-hydrogen) atoms. The highest BCUT2D eigenvalue weighted by atomic mass is 32.1. The molecule has 0 amide bonds. The van der Waals surface area contributed by atoms with Gasteiger partial charge in [-0.05, 0) is 55.5 Å². The van der Waals surface area contributed by atoms with Crippen molar-refractivity contribution in [3.8, 4) is 10.6 Å². The van der Waals surface area contributed by atoms with Crippen LogP contribution in [0.5, 0.6) is 0 Å². The largest absolute Gasteiger partial charge is 0.355 e. The molecular formula is C18H22N2OS. The zero-order valence-electron chi connectivity index (χ0n) is 12.8. The second-order valence-electron chi connectivity index (χ2n) is 6.69. The number of allylic oxidation sites excluding steroid dienone is 2. The maximum Gasteiger partial charge on any atom is 0.177 e. The van der Waals surface area contributed by atoms with E-state index in [2.05, 4.69) is 39.7 Å². The molecule has 0 bridgehead atoms. The SMILES string of the molecule is C1=CC[C@@]2(CC1)CCCN(Cc1cc(-c3cccs3)on1)C2. The summed E-state index contributed by atoms with van der Waals surface area (Å²) in [6, 6.07) is 6.24. The number of hydrogen-bond acceptors (Lipinski definition) is 4. The minimum atomic E-state index is 0.521. The molecule has 2 aromatic heterocycles. The number of rotatable bonds is 3. The lowest BCUT2D eigenvalue weighted by Crippen LogP contribution is -2.43. The normalized spacial score (nSPS) is 25.8. The van der Waals surface area contributed by atoms with Gasteiger partial charge >= 0.3 is 0 Å². The van der Waals surface area contributed by atoms with E-state index >= 15 is 0 Å². The Hall–Kier alpha value is -1.39. The van der Waals surface area contributed by atoms with Crippen LogP contribution >= 0.6 is 11.3 Å². The highest BCUT2D eigenvalue weighted by molar-refractivity contribution is 7.13. The van der Waals surface area contributed by atoms with Crippen LogP contribution in [0.15, 0.2) is 40.3 Å². The van der Waals surface area contributed by atoms with Gasteiger partial charge in [-0.25, -0.2) is 0 Å². The van der Waals surface area contributed by atoms with E-state index in [1.807, 2.05) is 6.07 Å². The molecule has 0 aromatic carbocycles. The number of nitrogens with zero attached hydrogens (tertiary/aromatic N) is 2. The molecule has 1 aliphatic heterocycles. The van der Waals surface area contributed by atoms with Gasteiger partial charge in [0.2, 0.25) is 0 Å². The van der Waals surface area contributed by atoms with Crippen molar-refractivity contribution in [2.24, 2.45) is 5.41 Å². The van der Waals surface area contributed by atoms with Crippen molar-refractivity contribution in [2.75, 3.05) is 13.1 Å². The Bertz CT molecular complexity index is 646. The minimum Gasteiger partial charge on any atom is -0.355 e. The third-order valence-electron chi connectivity index (χ3n) is 5.01. The summed E-state index contributed by atoms with van der Waals surface area (Å²) < 4.78 is 5.51. The maximum atomic E-state index is 5.51. The summed E-state index contributed by atoms with van der Waals surface area (Å²) in [5, 5.41) is 6.35. The molecule has 3 nitrogen and oxygen atoms in total. The Morgan fingerprint density at radius 2 is 2.32 bits per heavy atom. The van der Waals surface area contributed by atoms with Gasteiger partial charge in [-0.1, -0.05) is 23.4 Å². The Labute approximate surface area is 135 Å². The summed E-state index contributed by atoms with van der Waals surface area (Å²) in [4.78, 5) is 3.73. The van der Waals surface area contributed by atoms with Crippen LogP contribution in [0.25, 0.3) is 10.6 Å². The van der Waals surface area contributed by atoms with Crippen molar-refractivity contribution in [1.29, 1.82) is 0 Å². The van der Waals surface area contributed by atoms with Crippen molar-refractivity contribution in [2.45, 2.75) is 38.6 Å². The van der Waals surface area contributed by atoms with Crippen LogP contribution in [0.3, 0.4) is 0 Å². The number of thiophene rings is 1. The minimum absolute atomic E-state index is 0.521. The lowest BCUT2D eigenvalue weighted by molar-refractivity contribution is 0.0725. The van der Waals surface area contributed by atoms with E-state index in [0.717, 1.165) is 22.9 Å². The summed E-state index contributed by atoms with van der Waals surface area (Å²) in [6.45, 7) is 3.31. The molecule has 1 atom stereocenters. The third-order valence-corrected chi connectivity index (χ3v) is 5.89. The maximum absolute atomic E-state index is 5.51. The Morgan fingerprint density at radius 3 is 3.14 bits per heavy atom. The van der Waals surface area contributed by atoms with Gasteiger partial charge in [-0.3, -0.25) is 4.90 Å². The zero-order chi connectivity index (χ0) is 14.8. The molecule has 3 heterocycles. The lowest BCUT2D eigenvalue weighted by Gasteiger charge is -2.43. The number of likely N-dealkylation sites (tertiary alicyclic amines) is 1. The molecule has 0 N–H and O–H groups in total. The molecule has 2 aromatic rings. The molecule has 0 saturated carbocycles. The second-order valence-corrected chi connectivity index (χ2v) is 7.64. The Morgan fingerprint density at radius 1 is 1.32 bits per heavy atom. The molecular weight excluding hydrogens is 292 g/mol. The molecule has 116 valence electrons. The van der Waals surface area contributed by atoms with E-state index in [0.29, 0.717) is 5.41 Å². The number of aromatic nitrogens is 1. The summed E-state index contributed by atoms with van der Waals surface area (Å²) in [6.07, 6.45) is 11.3. The fraction of sp³-hybridized carbons (Fsp3) is 0.500. The van der Waals surface area contributed by atoms with Gasteiger partial charge < -0.3 is 4.52 Å². The predicted octanol–water partition coefficient (Wildman–Crippen LogP) is 4.73. The smallest absolute Gasteiger partial charge is 0.177 e. The van der Waals surface area contributed by atoms with Gasteiger partial charge in [-0.15, -0.1) is 11.3 Å².